The molecular weight excluding hydrogens is 328 g/mol. The molecule has 0 spiro atoms. The molecule has 0 bridgehead atoms. The maximum absolute atomic E-state index is 12.2. The summed E-state index contributed by atoms with van der Waals surface area (Å²) in [5.74, 6) is -0.272. The molecule has 0 saturated heterocycles. The number of amides is 1. The Labute approximate surface area is 143 Å². The number of aliphatic hydroxyl groups excluding tert-OH is 1. The Morgan fingerprint density at radius 3 is 2.62 bits per heavy atom. The van der Waals surface area contributed by atoms with Gasteiger partial charge in [-0.2, -0.15) is 0 Å². The summed E-state index contributed by atoms with van der Waals surface area (Å²) in [6.07, 6.45) is 2.43. The molecule has 24 heavy (non-hydrogen) atoms. The largest absolute Gasteiger partial charge is 0.387 e. The zero-order valence-electron chi connectivity index (χ0n) is 12.6. The lowest BCUT2D eigenvalue weighted by Crippen LogP contribution is -2.28. The number of aliphatic hydroxyl groups is 1. The molecule has 0 aliphatic carbocycles. The Bertz CT molecular complexity index is 819. The van der Waals surface area contributed by atoms with Crippen molar-refractivity contribution in [3.8, 4) is 5.69 Å². The fourth-order valence-electron chi connectivity index (χ4n) is 2.26. The van der Waals surface area contributed by atoms with Crippen LogP contribution in [0, 0.1) is 0 Å². The van der Waals surface area contributed by atoms with Gasteiger partial charge < -0.3 is 10.4 Å². The number of halogens is 1. The van der Waals surface area contributed by atoms with Crippen LogP contribution in [0.2, 0.25) is 5.02 Å². The van der Waals surface area contributed by atoms with Crippen molar-refractivity contribution in [3.63, 3.8) is 0 Å². The van der Waals surface area contributed by atoms with Crippen molar-refractivity contribution in [2.45, 2.75) is 6.10 Å². The molecule has 2 aromatic carbocycles. The van der Waals surface area contributed by atoms with Gasteiger partial charge in [0.15, 0.2) is 0 Å². The lowest BCUT2D eigenvalue weighted by atomic mass is 10.1. The van der Waals surface area contributed by atoms with Crippen LogP contribution in [0.1, 0.15) is 22.0 Å². The van der Waals surface area contributed by atoms with Crippen molar-refractivity contribution in [3.05, 3.63) is 77.1 Å². The number of nitrogens with zero attached hydrogens (tertiary/aromatic N) is 3. The monoisotopic (exact) mass is 342 g/mol. The second-order valence-electron chi connectivity index (χ2n) is 5.14. The number of hydrogen-bond acceptors (Lipinski definition) is 4. The number of nitrogens with one attached hydrogen (secondary N) is 1. The Morgan fingerprint density at radius 1 is 1.21 bits per heavy atom. The molecular formula is C17H15ClN4O2. The van der Waals surface area contributed by atoms with Crippen molar-refractivity contribution in [2.75, 3.05) is 6.54 Å². The van der Waals surface area contributed by atoms with E-state index >= 15 is 0 Å². The lowest BCUT2D eigenvalue weighted by molar-refractivity contribution is 0.0916. The summed E-state index contributed by atoms with van der Waals surface area (Å²) >= 11 is 6.03. The summed E-state index contributed by atoms with van der Waals surface area (Å²) in [6, 6.07) is 13.9. The third-order valence-electron chi connectivity index (χ3n) is 3.54. The summed E-state index contributed by atoms with van der Waals surface area (Å²) in [4.78, 5) is 12.2. The van der Waals surface area contributed by atoms with E-state index in [4.69, 9.17) is 11.6 Å². The number of rotatable bonds is 5. The minimum absolute atomic E-state index is 0.0768. The average molecular weight is 343 g/mol. The molecule has 122 valence electrons. The van der Waals surface area contributed by atoms with Crippen molar-refractivity contribution < 1.29 is 9.90 Å². The standard InChI is InChI=1S/C17H15ClN4O2/c18-15-4-2-1-3-14(15)16(23)11-19-17(24)12-5-7-13(8-6-12)22-10-9-20-21-22/h1-10,16,23H,11H2,(H,19,24). The lowest BCUT2D eigenvalue weighted by Gasteiger charge is -2.13. The van der Waals surface area contributed by atoms with Crippen molar-refractivity contribution in [1.29, 1.82) is 0 Å². The normalized spacial score (nSPS) is 11.9. The highest BCUT2D eigenvalue weighted by Crippen LogP contribution is 2.21. The van der Waals surface area contributed by atoms with E-state index in [0.717, 1.165) is 5.69 Å². The van der Waals surface area contributed by atoms with Crippen LogP contribution in [0.15, 0.2) is 60.9 Å². The molecule has 0 aliphatic heterocycles. The zero-order chi connectivity index (χ0) is 16.9. The number of aromatic nitrogens is 3. The average Bonchev–Trinajstić information content (AvgIpc) is 3.14. The molecule has 0 saturated carbocycles. The molecule has 0 aliphatic rings. The summed E-state index contributed by atoms with van der Waals surface area (Å²) in [5.41, 5.74) is 1.88. The van der Waals surface area contributed by atoms with Crippen LogP contribution >= 0.6 is 11.6 Å². The molecule has 1 amide bonds. The molecule has 7 heteroatoms. The third-order valence-corrected chi connectivity index (χ3v) is 3.88. The van der Waals surface area contributed by atoms with Crippen LogP contribution < -0.4 is 5.32 Å². The zero-order valence-corrected chi connectivity index (χ0v) is 13.4. The summed E-state index contributed by atoms with van der Waals surface area (Å²) in [6.45, 7) is 0.0768. The number of carbonyl (C=O) groups is 1. The molecule has 0 radical (unpaired) electrons. The predicted molar refractivity (Wildman–Crippen MR) is 90.1 cm³/mol. The summed E-state index contributed by atoms with van der Waals surface area (Å²) in [5, 5.41) is 20.9. The van der Waals surface area contributed by atoms with Crippen LogP contribution in [0.5, 0.6) is 0 Å². The molecule has 1 heterocycles. The summed E-state index contributed by atoms with van der Waals surface area (Å²) in [7, 11) is 0. The van der Waals surface area contributed by atoms with Gasteiger partial charge in [-0.1, -0.05) is 35.0 Å². The van der Waals surface area contributed by atoms with Gasteiger partial charge in [0.1, 0.15) is 0 Å². The maximum atomic E-state index is 12.2. The van der Waals surface area contributed by atoms with E-state index in [9.17, 15) is 9.90 Å². The Balaban J connectivity index is 1.62. The molecule has 1 unspecified atom stereocenters. The Morgan fingerprint density at radius 2 is 1.96 bits per heavy atom. The fraction of sp³-hybridized carbons (Fsp3) is 0.118. The molecule has 1 aromatic heterocycles. The Kier molecular flexibility index (Phi) is 4.88. The predicted octanol–water partition coefficient (Wildman–Crippen LogP) is 2.38. The molecule has 1 atom stereocenters. The molecule has 3 aromatic rings. The Hall–Kier alpha value is -2.70. The number of hydrogen-bond donors (Lipinski definition) is 2. The fourth-order valence-corrected chi connectivity index (χ4v) is 2.52. The minimum atomic E-state index is -0.864. The number of carbonyl (C=O) groups excluding carboxylic acids is 1. The first-order valence-corrected chi connectivity index (χ1v) is 7.70. The van der Waals surface area contributed by atoms with E-state index in [1.807, 2.05) is 0 Å². The second-order valence-corrected chi connectivity index (χ2v) is 5.55. The van der Waals surface area contributed by atoms with Crippen molar-refractivity contribution in [2.24, 2.45) is 0 Å². The number of benzene rings is 2. The van der Waals surface area contributed by atoms with Gasteiger partial charge in [0, 0.05) is 22.7 Å². The van der Waals surface area contributed by atoms with Gasteiger partial charge in [0.05, 0.1) is 24.2 Å². The van der Waals surface area contributed by atoms with Crippen molar-refractivity contribution in [1.82, 2.24) is 20.3 Å². The van der Waals surface area contributed by atoms with E-state index in [-0.39, 0.29) is 12.5 Å². The smallest absolute Gasteiger partial charge is 0.251 e. The first-order chi connectivity index (χ1) is 11.6. The molecule has 0 fully saturated rings. The van der Waals surface area contributed by atoms with Gasteiger partial charge >= 0.3 is 0 Å². The molecule has 6 nitrogen and oxygen atoms in total. The first kappa shape index (κ1) is 16.2. The highest BCUT2D eigenvalue weighted by molar-refractivity contribution is 6.31. The van der Waals surface area contributed by atoms with Gasteiger partial charge in [-0.15, -0.1) is 5.10 Å². The van der Waals surface area contributed by atoms with E-state index in [1.54, 1.807) is 65.6 Å². The highest BCUT2D eigenvalue weighted by atomic mass is 35.5. The van der Waals surface area contributed by atoms with Gasteiger partial charge in [0.2, 0.25) is 0 Å². The quantitative estimate of drug-likeness (QED) is 0.746. The van der Waals surface area contributed by atoms with E-state index in [1.165, 1.54) is 0 Å². The second kappa shape index (κ2) is 7.25. The topological polar surface area (TPSA) is 80.0 Å². The van der Waals surface area contributed by atoms with Crippen LogP contribution in [0.25, 0.3) is 5.69 Å². The minimum Gasteiger partial charge on any atom is -0.387 e. The van der Waals surface area contributed by atoms with Crippen LogP contribution in [0.4, 0.5) is 0 Å². The van der Waals surface area contributed by atoms with Crippen LogP contribution in [0.3, 0.4) is 0 Å². The van der Waals surface area contributed by atoms with E-state index in [2.05, 4.69) is 15.6 Å². The van der Waals surface area contributed by atoms with E-state index < -0.39 is 6.10 Å². The van der Waals surface area contributed by atoms with Gasteiger partial charge in [-0.25, -0.2) is 4.68 Å². The van der Waals surface area contributed by atoms with E-state index in [0.29, 0.717) is 16.1 Å². The maximum Gasteiger partial charge on any atom is 0.251 e. The summed E-state index contributed by atoms with van der Waals surface area (Å²) < 4.78 is 1.60. The van der Waals surface area contributed by atoms with Crippen LogP contribution in [-0.4, -0.2) is 32.6 Å². The molecule has 2 N–H and O–H groups in total. The molecule has 3 rings (SSSR count). The SMILES string of the molecule is O=C(NCC(O)c1ccccc1Cl)c1ccc(-n2ccnn2)cc1. The van der Waals surface area contributed by atoms with Crippen molar-refractivity contribution >= 4 is 17.5 Å². The van der Waals surface area contributed by atoms with Gasteiger partial charge in [-0.05, 0) is 30.3 Å². The van der Waals surface area contributed by atoms with Gasteiger partial charge in [0.25, 0.3) is 5.91 Å². The highest BCUT2D eigenvalue weighted by Gasteiger charge is 2.13. The third kappa shape index (κ3) is 3.61. The first-order valence-electron chi connectivity index (χ1n) is 7.32. The van der Waals surface area contributed by atoms with Gasteiger partial charge in [-0.3, -0.25) is 4.79 Å². The van der Waals surface area contributed by atoms with Crippen LogP contribution in [-0.2, 0) is 0 Å².